The number of hydrogen-bond donors (Lipinski definition) is 2. The predicted molar refractivity (Wildman–Crippen MR) is 58.5 cm³/mol. The number of rotatable bonds is 9. The van der Waals surface area contributed by atoms with E-state index >= 15 is 0 Å². The monoisotopic (exact) mass is 204 g/mol. The van der Waals surface area contributed by atoms with Crippen LogP contribution in [-0.4, -0.2) is 63.6 Å². The summed E-state index contributed by atoms with van der Waals surface area (Å²) in [5, 5.41) is 12.0. The van der Waals surface area contributed by atoms with Gasteiger partial charge in [0.05, 0.1) is 13.2 Å². The van der Waals surface area contributed by atoms with Gasteiger partial charge in [-0.2, -0.15) is 0 Å². The van der Waals surface area contributed by atoms with E-state index in [1.807, 2.05) is 7.05 Å². The molecule has 0 fully saturated rings. The van der Waals surface area contributed by atoms with Gasteiger partial charge in [-0.15, -0.1) is 0 Å². The molecule has 0 rings (SSSR count). The second kappa shape index (κ2) is 9.40. The highest BCUT2D eigenvalue weighted by Crippen LogP contribution is 1.98. The number of nitrogens with zero attached hydrogens (tertiary/aromatic N) is 1. The fourth-order valence-corrected chi connectivity index (χ4v) is 1.51. The van der Waals surface area contributed by atoms with Crippen molar-refractivity contribution < 1.29 is 9.84 Å². The molecule has 0 bridgehead atoms. The van der Waals surface area contributed by atoms with Crippen LogP contribution >= 0.6 is 0 Å². The van der Waals surface area contributed by atoms with E-state index in [1.54, 1.807) is 7.11 Å². The minimum Gasteiger partial charge on any atom is -0.395 e. The summed E-state index contributed by atoms with van der Waals surface area (Å²) in [4.78, 5) is 2.23. The maximum atomic E-state index is 8.88. The molecule has 0 saturated heterocycles. The van der Waals surface area contributed by atoms with Crippen LogP contribution in [0, 0.1) is 5.92 Å². The van der Waals surface area contributed by atoms with Crippen molar-refractivity contribution in [2.45, 2.75) is 6.92 Å². The lowest BCUT2D eigenvalue weighted by Gasteiger charge is -2.24. The van der Waals surface area contributed by atoms with Crippen LogP contribution in [0.2, 0.25) is 0 Å². The van der Waals surface area contributed by atoms with E-state index in [9.17, 15) is 0 Å². The van der Waals surface area contributed by atoms with Crippen molar-refractivity contribution in [1.29, 1.82) is 0 Å². The maximum absolute atomic E-state index is 8.88. The molecule has 4 nitrogen and oxygen atoms in total. The third kappa shape index (κ3) is 7.26. The highest BCUT2D eigenvalue weighted by Gasteiger charge is 2.08. The molecule has 1 unspecified atom stereocenters. The number of nitrogens with one attached hydrogen (secondary N) is 1. The van der Waals surface area contributed by atoms with Crippen LogP contribution in [0.25, 0.3) is 0 Å². The lowest BCUT2D eigenvalue weighted by atomic mass is 10.1. The highest BCUT2D eigenvalue weighted by atomic mass is 16.5. The van der Waals surface area contributed by atoms with Crippen molar-refractivity contribution in [3.8, 4) is 0 Å². The van der Waals surface area contributed by atoms with E-state index in [2.05, 4.69) is 17.1 Å². The summed E-state index contributed by atoms with van der Waals surface area (Å²) in [7, 11) is 3.66. The molecule has 86 valence electrons. The van der Waals surface area contributed by atoms with Crippen molar-refractivity contribution in [1.82, 2.24) is 10.2 Å². The molecule has 0 spiro atoms. The number of aliphatic hydroxyl groups is 1. The minimum absolute atomic E-state index is 0.218. The fourth-order valence-electron chi connectivity index (χ4n) is 1.51. The van der Waals surface area contributed by atoms with Crippen molar-refractivity contribution in [2.24, 2.45) is 5.92 Å². The summed E-state index contributed by atoms with van der Waals surface area (Å²) >= 11 is 0. The van der Waals surface area contributed by atoms with Gasteiger partial charge in [-0.3, -0.25) is 4.90 Å². The van der Waals surface area contributed by atoms with Crippen LogP contribution in [0.15, 0.2) is 0 Å². The summed E-state index contributed by atoms with van der Waals surface area (Å²) in [6.45, 7) is 6.79. The summed E-state index contributed by atoms with van der Waals surface area (Å²) in [5.41, 5.74) is 0. The van der Waals surface area contributed by atoms with Gasteiger partial charge >= 0.3 is 0 Å². The van der Waals surface area contributed by atoms with Crippen LogP contribution < -0.4 is 5.32 Å². The van der Waals surface area contributed by atoms with Gasteiger partial charge in [0.25, 0.3) is 0 Å². The zero-order valence-electron chi connectivity index (χ0n) is 9.62. The molecular weight excluding hydrogens is 180 g/mol. The molecule has 0 aromatic heterocycles. The van der Waals surface area contributed by atoms with Crippen molar-refractivity contribution >= 4 is 0 Å². The zero-order valence-corrected chi connectivity index (χ0v) is 9.62. The average molecular weight is 204 g/mol. The molecule has 14 heavy (non-hydrogen) atoms. The molecule has 0 aromatic rings. The molecule has 0 aliphatic heterocycles. The van der Waals surface area contributed by atoms with Gasteiger partial charge in [-0.05, 0) is 19.5 Å². The van der Waals surface area contributed by atoms with Crippen LogP contribution in [0.1, 0.15) is 6.92 Å². The van der Waals surface area contributed by atoms with E-state index in [0.717, 1.165) is 32.8 Å². The van der Waals surface area contributed by atoms with E-state index in [1.165, 1.54) is 0 Å². The summed E-state index contributed by atoms with van der Waals surface area (Å²) in [5.74, 6) is 0.600. The Morgan fingerprint density at radius 2 is 2.14 bits per heavy atom. The number of methoxy groups -OCH3 is 1. The first-order chi connectivity index (χ1) is 6.74. The third-order valence-electron chi connectivity index (χ3n) is 2.15. The van der Waals surface area contributed by atoms with Gasteiger partial charge in [0.2, 0.25) is 0 Å². The van der Waals surface area contributed by atoms with Gasteiger partial charge in [-0.25, -0.2) is 0 Å². The minimum atomic E-state index is 0.218. The second-order valence-corrected chi connectivity index (χ2v) is 3.68. The van der Waals surface area contributed by atoms with Crippen LogP contribution in [0.3, 0.4) is 0 Å². The first-order valence-electron chi connectivity index (χ1n) is 5.21. The zero-order chi connectivity index (χ0) is 10.8. The molecule has 0 heterocycles. The topological polar surface area (TPSA) is 44.7 Å². The Morgan fingerprint density at radius 3 is 2.64 bits per heavy atom. The van der Waals surface area contributed by atoms with E-state index < -0.39 is 0 Å². The van der Waals surface area contributed by atoms with Gasteiger partial charge in [0.15, 0.2) is 0 Å². The molecule has 2 N–H and O–H groups in total. The molecule has 4 heteroatoms. The van der Waals surface area contributed by atoms with Gasteiger partial charge in [0, 0.05) is 26.7 Å². The van der Waals surface area contributed by atoms with E-state index in [0.29, 0.717) is 5.92 Å². The lowest BCUT2D eigenvalue weighted by Crippen LogP contribution is -2.36. The summed E-state index contributed by atoms with van der Waals surface area (Å²) < 4.78 is 5.02. The van der Waals surface area contributed by atoms with Crippen molar-refractivity contribution in [3.05, 3.63) is 0 Å². The van der Waals surface area contributed by atoms with Gasteiger partial charge in [0.1, 0.15) is 0 Å². The molecule has 0 saturated carbocycles. The average Bonchev–Trinajstić information content (AvgIpc) is 2.15. The third-order valence-corrected chi connectivity index (χ3v) is 2.15. The van der Waals surface area contributed by atoms with Gasteiger partial charge < -0.3 is 15.2 Å². The molecule has 1 atom stereocenters. The van der Waals surface area contributed by atoms with Crippen LogP contribution in [-0.2, 0) is 4.74 Å². The van der Waals surface area contributed by atoms with Crippen molar-refractivity contribution in [3.63, 3.8) is 0 Å². The maximum Gasteiger partial charge on any atom is 0.0589 e. The molecule has 0 aliphatic carbocycles. The molecule has 0 aromatic carbocycles. The lowest BCUT2D eigenvalue weighted by molar-refractivity contribution is 0.121. The van der Waals surface area contributed by atoms with E-state index in [4.69, 9.17) is 9.84 Å². The quantitative estimate of drug-likeness (QED) is 0.545. The largest absolute Gasteiger partial charge is 0.395 e. The smallest absolute Gasteiger partial charge is 0.0589 e. The van der Waals surface area contributed by atoms with Gasteiger partial charge in [-0.1, -0.05) is 6.92 Å². The fraction of sp³-hybridized carbons (Fsp3) is 1.00. The van der Waals surface area contributed by atoms with E-state index in [-0.39, 0.29) is 6.61 Å². The summed E-state index contributed by atoms with van der Waals surface area (Å²) in [6, 6.07) is 0. The second-order valence-electron chi connectivity index (χ2n) is 3.68. The first-order valence-corrected chi connectivity index (χ1v) is 5.21. The standard InChI is InChI=1S/C10H24N2O2/c1-10(8-11-2)9-12(4-6-13)5-7-14-3/h10-11,13H,4-9H2,1-3H3. The Bertz CT molecular complexity index is 123. The number of aliphatic hydroxyl groups excluding tert-OH is 1. The number of hydrogen-bond acceptors (Lipinski definition) is 4. The highest BCUT2D eigenvalue weighted by molar-refractivity contribution is 4.63. The van der Waals surface area contributed by atoms with Crippen LogP contribution in [0.5, 0.6) is 0 Å². The predicted octanol–water partition coefficient (Wildman–Crippen LogP) is -0.217. The molecule has 0 amide bonds. The number of ether oxygens (including phenoxy) is 1. The first kappa shape index (κ1) is 13.8. The SMILES string of the molecule is CNCC(C)CN(CCO)CCOC. The Hall–Kier alpha value is -0.160. The Balaban J connectivity index is 3.69. The Morgan fingerprint density at radius 1 is 1.43 bits per heavy atom. The normalized spacial score (nSPS) is 13.5. The van der Waals surface area contributed by atoms with Crippen molar-refractivity contribution in [2.75, 3.05) is 53.6 Å². The molecule has 0 radical (unpaired) electrons. The van der Waals surface area contributed by atoms with Crippen LogP contribution in [0.4, 0.5) is 0 Å². The Kier molecular flexibility index (Phi) is 9.29. The molecular formula is C10H24N2O2. The molecule has 0 aliphatic rings. The Labute approximate surface area is 87.2 Å². The summed E-state index contributed by atoms with van der Waals surface area (Å²) in [6.07, 6.45) is 0.